The van der Waals surface area contributed by atoms with Crippen LogP contribution in [0.5, 0.6) is 0 Å². The van der Waals surface area contributed by atoms with E-state index in [2.05, 4.69) is 16.0 Å². The molecule has 0 unspecified atom stereocenters. The molecular weight excluding hydrogens is 246 g/mol. The average molecular weight is 261 g/mol. The lowest BCUT2D eigenvalue weighted by atomic mass is 10.1. The lowest BCUT2D eigenvalue weighted by molar-refractivity contribution is 0.672. The fourth-order valence-electron chi connectivity index (χ4n) is 2.63. The van der Waals surface area contributed by atoms with Crippen LogP contribution in [0, 0.1) is 11.3 Å². The molecule has 18 heavy (non-hydrogen) atoms. The SMILES string of the molecule is N#Cc1cc2c(nc1N1CCS(=O)CC1)CCC2. The van der Waals surface area contributed by atoms with Gasteiger partial charge in [-0.2, -0.15) is 5.26 Å². The Hall–Kier alpha value is -1.41. The molecule has 1 aromatic rings. The highest BCUT2D eigenvalue weighted by molar-refractivity contribution is 7.85. The van der Waals surface area contributed by atoms with Crippen LogP contribution in [0.15, 0.2) is 6.07 Å². The molecule has 4 nitrogen and oxygen atoms in total. The summed E-state index contributed by atoms with van der Waals surface area (Å²) in [6.07, 6.45) is 3.20. The molecular formula is C13H15N3OS. The van der Waals surface area contributed by atoms with Crippen molar-refractivity contribution < 1.29 is 4.21 Å². The molecule has 0 bridgehead atoms. The Labute approximate surface area is 109 Å². The Bertz CT molecular complexity index is 540. The number of hydrogen-bond donors (Lipinski definition) is 0. The number of nitriles is 1. The average Bonchev–Trinajstić information content (AvgIpc) is 2.85. The first-order chi connectivity index (χ1) is 8.78. The fourth-order valence-corrected chi connectivity index (χ4v) is 3.69. The van der Waals surface area contributed by atoms with Gasteiger partial charge in [0.1, 0.15) is 11.9 Å². The maximum atomic E-state index is 11.4. The van der Waals surface area contributed by atoms with Crippen molar-refractivity contribution in [3.63, 3.8) is 0 Å². The summed E-state index contributed by atoms with van der Waals surface area (Å²) >= 11 is 0. The Morgan fingerprint density at radius 2 is 2.11 bits per heavy atom. The van der Waals surface area contributed by atoms with Crippen LogP contribution >= 0.6 is 0 Å². The van der Waals surface area contributed by atoms with E-state index in [9.17, 15) is 9.47 Å². The van der Waals surface area contributed by atoms with Crippen molar-refractivity contribution in [2.24, 2.45) is 0 Å². The number of rotatable bonds is 1. The first-order valence-corrected chi connectivity index (χ1v) is 7.79. The Balaban J connectivity index is 1.96. The minimum atomic E-state index is -0.695. The van der Waals surface area contributed by atoms with E-state index in [1.807, 2.05) is 6.07 Å². The fraction of sp³-hybridized carbons (Fsp3) is 0.538. The highest BCUT2D eigenvalue weighted by atomic mass is 32.2. The number of nitrogens with zero attached hydrogens (tertiary/aromatic N) is 3. The van der Waals surface area contributed by atoms with Crippen LogP contribution in [0.25, 0.3) is 0 Å². The summed E-state index contributed by atoms with van der Waals surface area (Å²) in [6, 6.07) is 4.25. The lowest BCUT2D eigenvalue weighted by Gasteiger charge is -2.28. The standard InChI is InChI=1S/C13H15N3OS/c14-9-11-8-10-2-1-3-12(10)15-13(11)16-4-6-18(17)7-5-16/h8H,1-7H2. The molecule has 2 aliphatic rings. The third-order valence-electron chi connectivity index (χ3n) is 3.63. The molecule has 0 aromatic carbocycles. The van der Waals surface area contributed by atoms with E-state index in [-0.39, 0.29) is 0 Å². The maximum Gasteiger partial charge on any atom is 0.146 e. The third kappa shape index (κ3) is 2.01. The molecule has 0 spiro atoms. The first-order valence-electron chi connectivity index (χ1n) is 6.31. The molecule has 0 amide bonds. The number of hydrogen-bond acceptors (Lipinski definition) is 4. The zero-order valence-electron chi connectivity index (χ0n) is 10.2. The van der Waals surface area contributed by atoms with Gasteiger partial charge in [0.05, 0.1) is 5.56 Å². The van der Waals surface area contributed by atoms with Gasteiger partial charge in [-0.3, -0.25) is 4.21 Å². The summed E-state index contributed by atoms with van der Waals surface area (Å²) in [5, 5.41) is 9.26. The van der Waals surface area contributed by atoms with Crippen LogP contribution in [0.2, 0.25) is 0 Å². The molecule has 2 heterocycles. The number of aryl methyl sites for hydroxylation is 2. The van der Waals surface area contributed by atoms with Crippen molar-refractivity contribution in [2.45, 2.75) is 19.3 Å². The zero-order chi connectivity index (χ0) is 12.5. The van der Waals surface area contributed by atoms with Crippen LogP contribution < -0.4 is 4.90 Å². The van der Waals surface area contributed by atoms with Gasteiger partial charge >= 0.3 is 0 Å². The van der Waals surface area contributed by atoms with Crippen molar-refractivity contribution in [3.05, 3.63) is 22.9 Å². The van der Waals surface area contributed by atoms with Gasteiger partial charge in [0.25, 0.3) is 0 Å². The van der Waals surface area contributed by atoms with Gasteiger partial charge in [0, 0.05) is 41.1 Å². The Kier molecular flexibility index (Phi) is 3.04. The molecule has 0 radical (unpaired) electrons. The summed E-state index contributed by atoms with van der Waals surface area (Å²) < 4.78 is 11.4. The predicted octanol–water partition coefficient (Wildman–Crippen LogP) is 1.01. The molecule has 1 aliphatic heterocycles. The topological polar surface area (TPSA) is 57.0 Å². The summed E-state index contributed by atoms with van der Waals surface area (Å²) in [7, 11) is -0.695. The van der Waals surface area contributed by atoms with E-state index in [0.29, 0.717) is 17.1 Å². The first kappa shape index (κ1) is 11.7. The molecule has 5 heteroatoms. The van der Waals surface area contributed by atoms with E-state index in [0.717, 1.165) is 43.9 Å². The number of aromatic nitrogens is 1. The largest absolute Gasteiger partial charge is 0.354 e. The smallest absolute Gasteiger partial charge is 0.146 e. The minimum Gasteiger partial charge on any atom is -0.354 e. The van der Waals surface area contributed by atoms with Gasteiger partial charge < -0.3 is 4.90 Å². The van der Waals surface area contributed by atoms with Gasteiger partial charge in [0.15, 0.2) is 0 Å². The molecule has 1 saturated heterocycles. The van der Waals surface area contributed by atoms with Crippen LogP contribution in [0.3, 0.4) is 0 Å². The molecule has 3 rings (SSSR count). The molecule has 1 aromatic heterocycles. The van der Waals surface area contributed by atoms with E-state index in [4.69, 9.17) is 0 Å². The third-order valence-corrected chi connectivity index (χ3v) is 4.90. The van der Waals surface area contributed by atoms with Crippen molar-refractivity contribution >= 4 is 16.6 Å². The maximum absolute atomic E-state index is 11.4. The predicted molar refractivity (Wildman–Crippen MR) is 71.1 cm³/mol. The molecule has 1 fully saturated rings. The second-order valence-electron chi connectivity index (χ2n) is 4.77. The second-order valence-corrected chi connectivity index (χ2v) is 6.46. The summed E-state index contributed by atoms with van der Waals surface area (Å²) in [4.78, 5) is 6.79. The van der Waals surface area contributed by atoms with E-state index < -0.39 is 10.8 Å². The lowest BCUT2D eigenvalue weighted by Crippen LogP contribution is -2.38. The summed E-state index contributed by atoms with van der Waals surface area (Å²) in [5.74, 6) is 2.17. The quantitative estimate of drug-likeness (QED) is 0.757. The normalized spacial score (nSPS) is 19.6. The van der Waals surface area contributed by atoms with Crippen LogP contribution in [0.4, 0.5) is 5.82 Å². The molecule has 94 valence electrons. The van der Waals surface area contributed by atoms with Crippen LogP contribution in [-0.2, 0) is 23.6 Å². The van der Waals surface area contributed by atoms with Crippen molar-refractivity contribution in [1.82, 2.24) is 4.98 Å². The molecule has 1 aliphatic carbocycles. The minimum absolute atomic E-state index is 0.670. The monoisotopic (exact) mass is 261 g/mol. The summed E-state index contributed by atoms with van der Waals surface area (Å²) in [5.41, 5.74) is 3.05. The number of anilines is 1. The van der Waals surface area contributed by atoms with Crippen LogP contribution in [0.1, 0.15) is 23.2 Å². The van der Waals surface area contributed by atoms with Crippen molar-refractivity contribution in [3.8, 4) is 6.07 Å². The van der Waals surface area contributed by atoms with Crippen LogP contribution in [-0.4, -0.2) is 33.8 Å². The molecule has 0 saturated carbocycles. The van der Waals surface area contributed by atoms with Gasteiger partial charge in [0.2, 0.25) is 0 Å². The molecule has 0 N–H and O–H groups in total. The van der Waals surface area contributed by atoms with Gasteiger partial charge in [-0.05, 0) is 30.9 Å². The Morgan fingerprint density at radius 1 is 1.33 bits per heavy atom. The Morgan fingerprint density at radius 3 is 2.83 bits per heavy atom. The highest BCUT2D eigenvalue weighted by Gasteiger charge is 2.22. The van der Waals surface area contributed by atoms with E-state index in [1.54, 1.807) is 0 Å². The number of fused-ring (bicyclic) bond motifs is 1. The summed E-state index contributed by atoms with van der Waals surface area (Å²) in [6.45, 7) is 1.49. The van der Waals surface area contributed by atoms with Gasteiger partial charge in [-0.1, -0.05) is 0 Å². The van der Waals surface area contributed by atoms with E-state index in [1.165, 1.54) is 5.56 Å². The van der Waals surface area contributed by atoms with Crippen molar-refractivity contribution in [1.29, 1.82) is 5.26 Å². The molecule has 0 atom stereocenters. The second kappa shape index (κ2) is 4.69. The van der Waals surface area contributed by atoms with Gasteiger partial charge in [-0.25, -0.2) is 4.98 Å². The van der Waals surface area contributed by atoms with Gasteiger partial charge in [-0.15, -0.1) is 0 Å². The number of pyridine rings is 1. The highest BCUT2D eigenvalue weighted by Crippen LogP contribution is 2.27. The zero-order valence-corrected chi connectivity index (χ0v) is 11.0. The van der Waals surface area contributed by atoms with E-state index >= 15 is 0 Å². The van der Waals surface area contributed by atoms with Crippen molar-refractivity contribution in [2.75, 3.05) is 29.5 Å².